The number of aromatic nitrogens is 4. The molecule has 1 aliphatic carbocycles. The predicted molar refractivity (Wildman–Crippen MR) is 214 cm³/mol. The summed E-state index contributed by atoms with van der Waals surface area (Å²) in [6.07, 6.45) is 8.59. The summed E-state index contributed by atoms with van der Waals surface area (Å²) in [5, 5.41) is 14.0. The highest BCUT2D eigenvalue weighted by Crippen LogP contribution is 2.44. The third-order valence-corrected chi connectivity index (χ3v) is 10.6. The number of hydrogen-bond donors (Lipinski definition) is 0. The first-order valence-electron chi connectivity index (χ1n) is 18.0. The zero-order valence-electron chi connectivity index (χ0n) is 28.8. The van der Waals surface area contributed by atoms with Crippen molar-refractivity contribution in [3.63, 3.8) is 0 Å². The van der Waals surface area contributed by atoms with E-state index < -0.39 is 0 Å². The molecule has 1 aliphatic heterocycles. The molecule has 0 spiro atoms. The van der Waals surface area contributed by atoms with Crippen molar-refractivity contribution in [2.24, 2.45) is 4.99 Å². The Morgan fingerprint density at radius 2 is 1.30 bits per heavy atom. The van der Waals surface area contributed by atoms with E-state index in [9.17, 15) is 5.26 Å². The van der Waals surface area contributed by atoms with Crippen molar-refractivity contribution in [3.8, 4) is 34.8 Å². The van der Waals surface area contributed by atoms with Crippen LogP contribution in [0.2, 0.25) is 0 Å². The number of fused-ring (bicyclic) bond motifs is 10. The second-order valence-electron chi connectivity index (χ2n) is 13.7. The van der Waals surface area contributed by atoms with Crippen LogP contribution in [0.1, 0.15) is 28.2 Å². The van der Waals surface area contributed by atoms with Crippen LogP contribution in [0.3, 0.4) is 0 Å². The standard InChI is InChI=1S/C47H28N6O/c48-27-28-11-10-14-30(25-28)45-50-46(52-47(51-45)53-39-19-8-5-15-32(39)33-16-6-9-20-40(33)53)31-21-24-41-37(26-31)34-22-23-36-42(44(34)54-41)35-17-4-7-18-38(35)49-43(36)29-12-2-1-3-13-29/h1-26,35,38H. The Morgan fingerprint density at radius 1 is 0.593 bits per heavy atom. The van der Waals surface area contributed by atoms with Crippen LogP contribution in [0.25, 0.3) is 72.5 Å². The summed E-state index contributed by atoms with van der Waals surface area (Å²) >= 11 is 0. The van der Waals surface area contributed by atoms with Crippen molar-refractivity contribution in [2.75, 3.05) is 0 Å². The van der Waals surface area contributed by atoms with Crippen molar-refractivity contribution in [3.05, 3.63) is 180 Å². The summed E-state index contributed by atoms with van der Waals surface area (Å²) in [5.41, 5.74) is 10.1. The number of aliphatic imine (C=N–C) groups is 1. The number of benzene rings is 6. The summed E-state index contributed by atoms with van der Waals surface area (Å²) in [6, 6.07) is 47.1. The van der Waals surface area contributed by atoms with E-state index in [1.54, 1.807) is 6.07 Å². The molecule has 0 saturated heterocycles. The van der Waals surface area contributed by atoms with Crippen molar-refractivity contribution in [2.45, 2.75) is 12.0 Å². The predicted octanol–water partition coefficient (Wildman–Crippen LogP) is 10.5. The molecule has 0 N–H and O–H groups in total. The smallest absolute Gasteiger partial charge is 0.238 e. The van der Waals surface area contributed by atoms with Gasteiger partial charge in [0.25, 0.3) is 0 Å². The van der Waals surface area contributed by atoms with Gasteiger partial charge in [0.05, 0.1) is 34.4 Å². The Hall–Kier alpha value is -7.43. The average molecular weight is 693 g/mol. The van der Waals surface area contributed by atoms with Gasteiger partial charge in [-0.05, 0) is 48.5 Å². The lowest BCUT2D eigenvalue weighted by Gasteiger charge is -2.30. The van der Waals surface area contributed by atoms with Gasteiger partial charge in [-0.15, -0.1) is 0 Å². The number of furan rings is 1. The molecule has 0 bridgehead atoms. The van der Waals surface area contributed by atoms with Gasteiger partial charge in [-0.2, -0.15) is 15.2 Å². The van der Waals surface area contributed by atoms with Crippen molar-refractivity contribution in [1.82, 2.24) is 19.5 Å². The van der Waals surface area contributed by atoms with Crippen LogP contribution in [-0.4, -0.2) is 31.3 Å². The van der Waals surface area contributed by atoms with Gasteiger partial charge in [-0.1, -0.05) is 109 Å². The van der Waals surface area contributed by atoms with Crippen LogP contribution < -0.4 is 0 Å². The largest absolute Gasteiger partial charge is 0.456 e. The van der Waals surface area contributed by atoms with Crippen LogP contribution in [0.5, 0.6) is 0 Å². The maximum Gasteiger partial charge on any atom is 0.238 e. The molecule has 0 radical (unpaired) electrons. The minimum absolute atomic E-state index is 0.0190. The minimum atomic E-state index is -0.0190. The van der Waals surface area contributed by atoms with E-state index in [1.165, 1.54) is 0 Å². The van der Waals surface area contributed by atoms with E-state index >= 15 is 0 Å². The third kappa shape index (κ3) is 4.60. The fourth-order valence-corrected chi connectivity index (χ4v) is 8.16. The topological polar surface area (TPSA) is 92.9 Å². The Bertz CT molecular complexity index is 3090. The zero-order chi connectivity index (χ0) is 35.8. The average Bonchev–Trinajstić information content (AvgIpc) is 3.79. The summed E-state index contributed by atoms with van der Waals surface area (Å²) in [4.78, 5) is 20.5. The minimum Gasteiger partial charge on any atom is -0.456 e. The molecule has 0 fully saturated rings. The number of nitriles is 1. The van der Waals surface area contributed by atoms with E-state index in [4.69, 9.17) is 24.4 Å². The number of rotatable bonds is 4. The number of nitrogens with zero attached hydrogens (tertiary/aromatic N) is 6. The molecule has 6 aromatic carbocycles. The van der Waals surface area contributed by atoms with Crippen LogP contribution in [-0.2, 0) is 0 Å². The molecule has 2 aliphatic rings. The molecule has 3 aromatic heterocycles. The van der Waals surface area contributed by atoms with Crippen LogP contribution in [0.4, 0.5) is 0 Å². The molecule has 2 atom stereocenters. The molecule has 9 aromatic rings. The lowest BCUT2D eigenvalue weighted by Crippen LogP contribution is -2.25. The SMILES string of the molecule is N#Cc1cccc(-c2nc(-c3ccc4oc5c6c(ccc5c4c3)C(c3ccccc3)=NC3C=CC=CC63)nc(-n3c4ccccc4c4ccccc43)n2)c1. The highest BCUT2D eigenvalue weighted by Gasteiger charge is 2.33. The fraction of sp³-hybridized carbons (Fsp3) is 0.0426. The zero-order valence-corrected chi connectivity index (χ0v) is 28.8. The molecule has 0 amide bonds. The normalized spacial score (nSPS) is 16.1. The van der Waals surface area contributed by atoms with Gasteiger partial charge in [-0.25, -0.2) is 4.98 Å². The van der Waals surface area contributed by atoms with Crippen molar-refractivity contribution < 1.29 is 4.42 Å². The highest BCUT2D eigenvalue weighted by atomic mass is 16.3. The lowest BCUT2D eigenvalue weighted by atomic mass is 9.79. The van der Waals surface area contributed by atoms with E-state index in [0.29, 0.717) is 23.2 Å². The summed E-state index contributed by atoms with van der Waals surface area (Å²) in [7, 11) is 0. The molecule has 7 heteroatoms. The number of para-hydroxylation sites is 2. The molecule has 54 heavy (non-hydrogen) atoms. The van der Waals surface area contributed by atoms with Gasteiger partial charge in [0.2, 0.25) is 5.95 Å². The molecule has 2 unspecified atom stereocenters. The summed E-state index contributed by atoms with van der Waals surface area (Å²) < 4.78 is 8.87. The van der Waals surface area contributed by atoms with Gasteiger partial charge in [-0.3, -0.25) is 9.56 Å². The monoisotopic (exact) mass is 692 g/mol. The van der Waals surface area contributed by atoms with E-state index in [0.717, 1.165) is 77.3 Å². The van der Waals surface area contributed by atoms with Crippen LogP contribution in [0.15, 0.2) is 167 Å². The Kier molecular flexibility index (Phi) is 6.61. The van der Waals surface area contributed by atoms with Gasteiger partial charge >= 0.3 is 0 Å². The van der Waals surface area contributed by atoms with Crippen molar-refractivity contribution in [1.29, 1.82) is 5.26 Å². The van der Waals surface area contributed by atoms with Gasteiger partial charge in [0.1, 0.15) is 11.2 Å². The molecule has 0 saturated carbocycles. The first-order chi connectivity index (χ1) is 26.7. The quantitative estimate of drug-likeness (QED) is 0.183. The van der Waals surface area contributed by atoms with E-state index in [1.807, 2.05) is 48.5 Å². The van der Waals surface area contributed by atoms with E-state index in [-0.39, 0.29) is 12.0 Å². The van der Waals surface area contributed by atoms with E-state index in [2.05, 4.69) is 114 Å². The maximum atomic E-state index is 9.73. The Labute approximate surface area is 309 Å². The number of hydrogen-bond acceptors (Lipinski definition) is 6. The van der Waals surface area contributed by atoms with Gasteiger partial charge in [0.15, 0.2) is 11.6 Å². The first-order valence-corrected chi connectivity index (χ1v) is 18.0. The third-order valence-electron chi connectivity index (χ3n) is 10.6. The first kappa shape index (κ1) is 30.2. The van der Waals surface area contributed by atoms with Gasteiger partial charge < -0.3 is 4.42 Å². The highest BCUT2D eigenvalue weighted by molar-refractivity contribution is 6.18. The molecule has 252 valence electrons. The number of allylic oxidation sites excluding steroid dienone is 2. The molecule has 4 heterocycles. The Balaban J connectivity index is 1.13. The maximum absolute atomic E-state index is 9.73. The molecule has 7 nitrogen and oxygen atoms in total. The van der Waals surface area contributed by atoms with Gasteiger partial charge in [0, 0.05) is 55.3 Å². The molecular weight excluding hydrogens is 665 g/mol. The second-order valence-corrected chi connectivity index (χ2v) is 13.7. The Morgan fingerprint density at radius 3 is 2.07 bits per heavy atom. The van der Waals surface area contributed by atoms with Crippen LogP contribution in [0, 0.1) is 11.3 Å². The fourth-order valence-electron chi connectivity index (χ4n) is 8.16. The lowest BCUT2D eigenvalue weighted by molar-refractivity contribution is 0.641. The second kappa shape index (κ2) is 11.8. The van der Waals surface area contributed by atoms with Crippen molar-refractivity contribution >= 4 is 49.5 Å². The van der Waals surface area contributed by atoms with Crippen LogP contribution >= 0.6 is 0 Å². The summed E-state index contributed by atoms with van der Waals surface area (Å²) in [6.45, 7) is 0. The molecular formula is C47H28N6O. The molecule has 11 rings (SSSR count). The summed E-state index contributed by atoms with van der Waals surface area (Å²) in [5.74, 6) is 1.56.